The van der Waals surface area contributed by atoms with Gasteiger partial charge in [0.25, 0.3) is 0 Å². The first kappa shape index (κ1) is 7.74. The van der Waals surface area contributed by atoms with E-state index in [0.717, 1.165) is 0 Å². The standard InChI is InChI=1S/C6H12OSi/c1-8(2)6-4-3-5-7/h7-8H,3,5H2,1-2H3. The number of aliphatic hydroxyl groups is 1. The Kier molecular flexibility index (Phi) is 4.72. The Balaban J connectivity index is 3.20. The minimum Gasteiger partial charge on any atom is -0.395 e. The van der Waals surface area contributed by atoms with Gasteiger partial charge in [-0.2, -0.15) is 0 Å². The second kappa shape index (κ2) is 4.89. The number of hydrogen-bond acceptors (Lipinski definition) is 1. The average Bonchev–Trinajstić information content (AvgIpc) is 1.66. The van der Waals surface area contributed by atoms with Crippen molar-refractivity contribution < 1.29 is 5.11 Å². The second-order valence-corrected chi connectivity index (χ2v) is 4.55. The predicted molar refractivity (Wildman–Crippen MR) is 38.4 cm³/mol. The summed E-state index contributed by atoms with van der Waals surface area (Å²) in [5.41, 5.74) is 3.08. The van der Waals surface area contributed by atoms with Crippen LogP contribution in [-0.2, 0) is 0 Å². The maximum atomic E-state index is 8.29. The van der Waals surface area contributed by atoms with Crippen molar-refractivity contribution in [2.75, 3.05) is 6.61 Å². The zero-order valence-corrected chi connectivity index (χ0v) is 6.59. The van der Waals surface area contributed by atoms with Crippen molar-refractivity contribution in [2.24, 2.45) is 0 Å². The van der Waals surface area contributed by atoms with Gasteiger partial charge in [0.05, 0.1) is 6.61 Å². The van der Waals surface area contributed by atoms with Crippen LogP contribution in [0, 0.1) is 11.5 Å². The first-order valence-electron chi connectivity index (χ1n) is 2.86. The van der Waals surface area contributed by atoms with E-state index >= 15 is 0 Å². The van der Waals surface area contributed by atoms with E-state index in [1.54, 1.807) is 0 Å². The zero-order chi connectivity index (χ0) is 6.41. The molecular formula is C6H12OSi. The van der Waals surface area contributed by atoms with Gasteiger partial charge < -0.3 is 5.11 Å². The summed E-state index contributed by atoms with van der Waals surface area (Å²) in [6.07, 6.45) is 0.644. The highest BCUT2D eigenvalue weighted by molar-refractivity contribution is 6.64. The van der Waals surface area contributed by atoms with Crippen molar-refractivity contribution in [1.29, 1.82) is 0 Å². The van der Waals surface area contributed by atoms with E-state index in [1.807, 2.05) is 0 Å². The molecule has 0 aromatic rings. The summed E-state index contributed by atoms with van der Waals surface area (Å²) in [6.45, 7) is 4.54. The minimum atomic E-state index is -0.674. The number of hydrogen-bond donors (Lipinski definition) is 1. The Hall–Kier alpha value is -0.263. The van der Waals surface area contributed by atoms with Gasteiger partial charge >= 0.3 is 0 Å². The Morgan fingerprint density at radius 2 is 2.12 bits per heavy atom. The van der Waals surface area contributed by atoms with E-state index in [9.17, 15) is 0 Å². The molecular weight excluding hydrogens is 116 g/mol. The quantitative estimate of drug-likeness (QED) is 0.400. The Morgan fingerprint density at radius 3 is 2.50 bits per heavy atom. The maximum Gasteiger partial charge on any atom is 0.116 e. The molecule has 8 heavy (non-hydrogen) atoms. The van der Waals surface area contributed by atoms with E-state index in [4.69, 9.17) is 5.11 Å². The first-order valence-corrected chi connectivity index (χ1v) is 5.75. The van der Waals surface area contributed by atoms with E-state index in [0.29, 0.717) is 6.42 Å². The Bertz CT molecular complexity index is 98.8. The van der Waals surface area contributed by atoms with Gasteiger partial charge in [-0.25, -0.2) is 0 Å². The average molecular weight is 128 g/mol. The molecule has 0 radical (unpaired) electrons. The third-order valence-corrected chi connectivity index (χ3v) is 1.41. The van der Waals surface area contributed by atoms with Crippen molar-refractivity contribution in [3.8, 4) is 11.5 Å². The molecule has 0 aliphatic rings. The zero-order valence-electron chi connectivity index (χ0n) is 5.44. The predicted octanol–water partition coefficient (Wildman–Crippen LogP) is 0.398. The molecule has 0 aromatic heterocycles. The third kappa shape index (κ3) is 5.74. The van der Waals surface area contributed by atoms with Crippen LogP contribution in [0.25, 0.3) is 0 Å². The van der Waals surface area contributed by atoms with Crippen molar-refractivity contribution >= 4 is 8.80 Å². The molecule has 1 N–H and O–H groups in total. The molecule has 0 saturated heterocycles. The Morgan fingerprint density at radius 1 is 1.50 bits per heavy atom. The molecule has 1 nitrogen and oxygen atoms in total. The van der Waals surface area contributed by atoms with Gasteiger partial charge in [0.1, 0.15) is 8.80 Å². The summed E-state index contributed by atoms with van der Waals surface area (Å²) in [7, 11) is -0.674. The van der Waals surface area contributed by atoms with Crippen LogP contribution in [0.15, 0.2) is 0 Å². The molecule has 0 heterocycles. The SMILES string of the molecule is C[SiH](C)C#CCCO. The van der Waals surface area contributed by atoms with Gasteiger partial charge in [-0.3, -0.25) is 0 Å². The van der Waals surface area contributed by atoms with Crippen LogP contribution in [0.4, 0.5) is 0 Å². The molecule has 0 bridgehead atoms. The highest BCUT2D eigenvalue weighted by Crippen LogP contribution is 1.75. The van der Waals surface area contributed by atoms with E-state index in [1.165, 1.54) is 0 Å². The highest BCUT2D eigenvalue weighted by atomic mass is 28.3. The molecule has 0 atom stereocenters. The lowest BCUT2D eigenvalue weighted by Crippen LogP contribution is -1.93. The lowest BCUT2D eigenvalue weighted by atomic mass is 10.5. The van der Waals surface area contributed by atoms with Crippen molar-refractivity contribution in [3.05, 3.63) is 0 Å². The van der Waals surface area contributed by atoms with Crippen molar-refractivity contribution in [2.45, 2.75) is 19.5 Å². The molecule has 0 rings (SSSR count). The summed E-state index contributed by atoms with van der Waals surface area (Å²) < 4.78 is 0. The fourth-order valence-electron chi connectivity index (χ4n) is 0.332. The number of rotatable bonds is 1. The van der Waals surface area contributed by atoms with Crippen molar-refractivity contribution in [1.82, 2.24) is 0 Å². The van der Waals surface area contributed by atoms with Crippen LogP contribution in [0.1, 0.15) is 6.42 Å². The Labute approximate surface area is 52.3 Å². The van der Waals surface area contributed by atoms with E-state index in [2.05, 4.69) is 24.6 Å². The summed E-state index contributed by atoms with van der Waals surface area (Å²) in [4.78, 5) is 0. The summed E-state index contributed by atoms with van der Waals surface area (Å²) >= 11 is 0. The molecule has 0 aromatic carbocycles. The van der Waals surface area contributed by atoms with Crippen LogP contribution in [0.2, 0.25) is 13.1 Å². The van der Waals surface area contributed by atoms with Gasteiger partial charge in [-0.1, -0.05) is 13.1 Å². The van der Waals surface area contributed by atoms with Gasteiger partial charge in [0.15, 0.2) is 0 Å². The first-order chi connectivity index (χ1) is 3.77. The van der Waals surface area contributed by atoms with Gasteiger partial charge in [-0.05, 0) is 0 Å². The smallest absolute Gasteiger partial charge is 0.116 e. The maximum absolute atomic E-state index is 8.29. The molecule has 0 fully saturated rings. The lowest BCUT2D eigenvalue weighted by Gasteiger charge is -1.83. The fraction of sp³-hybridized carbons (Fsp3) is 0.667. The fourth-order valence-corrected chi connectivity index (χ4v) is 0.885. The summed E-state index contributed by atoms with van der Waals surface area (Å²) in [5, 5.41) is 8.29. The van der Waals surface area contributed by atoms with Crippen LogP contribution in [-0.4, -0.2) is 20.5 Å². The normalized spacial score (nSPS) is 8.50. The van der Waals surface area contributed by atoms with Crippen LogP contribution in [0.3, 0.4) is 0 Å². The minimum absolute atomic E-state index is 0.203. The monoisotopic (exact) mass is 128 g/mol. The third-order valence-electron chi connectivity index (χ3n) is 0.628. The van der Waals surface area contributed by atoms with Crippen LogP contribution in [0.5, 0.6) is 0 Å². The van der Waals surface area contributed by atoms with E-state index < -0.39 is 8.80 Å². The van der Waals surface area contributed by atoms with Crippen LogP contribution < -0.4 is 0 Å². The molecule has 0 saturated carbocycles. The molecule has 0 unspecified atom stereocenters. The molecule has 0 spiro atoms. The highest BCUT2D eigenvalue weighted by Gasteiger charge is 1.82. The molecule has 0 aliphatic heterocycles. The molecule has 0 aliphatic carbocycles. The molecule has 2 heteroatoms. The topological polar surface area (TPSA) is 20.2 Å². The van der Waals surface area contributed by atoms with Crippen molar-refractivity contribution in [3.63, 3.8) is 0 Å². The van der Waals surface area contributed by atoms with Crippen LogP contribution >= 0.6 is 0 Å². The lowest BCUT2D eigenvalue weighted by molar-refractivity contribution is 0.305. The van der Waals surface area contributed by atoms with Gasteiger partial charge in [0, 0.05) is 6.42 Å². The molecule has 0 amide bonds. The van der Waals surface area contributed by atoms with E-state index in [-0.39, 0.29) is 6.61 Å². The van der Waals surface area contributed by atoms with Gasteiger partial charge in [-0.15, -0.1) is 11.5 Å². The summed E-state index contributed by atoms with van der Waals surface area (Å²) in [5.74, 6) is 2.90. The largest absolute Gasteiger partial charge is 0.395 e. The number of aliphatic hydroxyl groups excluding tert-OH is 1. The summed E-state index contributed by atoms with van der Waals surface area (Å²) in [6, 6.07) is 0. The molecule has 46 valence electrons. The second-order valence-electron chi connectivity index (χ2n) is 1.95. The van der Waals surface area contributed by atoms with Gasteiger partial charge in [0.2, 0.25) is 0 Å².